The molecule has 0 aliphatic carbocycles. The quantitative estimate of drug-likeness (QED) is 0.614. The van der Waals surface area contributed by atoms with Crippen LogP contribution in [0.5, 0.6) is 0 Å². The van der Waals surface area contributed by atoms with E-state index in [9.17, 15) is 19.2 Å². The maximum Gasteiger partial charge on any atom is 0.310 e. The van der Waals surface area contributed by atoms with E-state index in [1.807, 2.05) is 11.0 Å². The number of piperazine rings is 1. The number of carbonyl (C=O) groups is 4. The zero-order chi connectivity index (χ0) is 22.2. The molecule has 0 unspecified atom stereocenters. The highest BCUT2D eigenvalue weighted by Crippen LogP contribution is 2.19. The lowest BCUT2D eigenvalue weighted by molar-refractivity contribution is -0.151. The van der Waals surface area contributed by atoms with Crippen molar-refractivity contribution in [1.82, 2.24) is 15.1 Å². The molecular formula is C22H30N4O5. The van der Waals surface area contributed by atoms with Crippen LogP contribution in [0, 0.1) is 5.92 Å². The number of nitrogens with zero attached hydrogens (tertiary/aromatic N) is 2. The van der Waals surface area contributed by atoms with Gasteiger partial charge in [0.15, 0.2) is 0 Å². The van der Waals surface area contributed by atoms with Gasteiger partial charge in [0.25, 0.3) is 0 Å². The van der Waals surface area contributed by atoms with E-state index in [2.05, 4.69) is 10.6 Å². The molecule has 0 spiro atoms. The summed E-state index contributed by atoms with van der Waals surface area (Å²) in [6, 6.07) is 8.13. The van der Waals surface area contributed by atoms with Crippen molar-refractivity contribution in [2.24, 2.45) is 5.92 Å². The number of nitrogens with one attached hydrogen (secondary N) is 2. The molecule has 9 nitrogen and oxygen atoms in total. The van der Waals surface area contributed by atoms with E-state index in [4.69, 9.17) is 4.74 Å². The van der Waals surface area contributed by atoms with Gasteiger partial charge in [0.2, 0.25) is 17.7 Å². The fourth-order valence-corrected chi connectivity index (χ4v) is 4.06. The highest BCUT2D eigenvalue weighted by molar-refractivity contribution is 5.97. The first kappa shape index (κ1) is 22.7. The fourth-order valence-electron chi connectivity index (χ4n) is 4.06. The van der Waals surface area contributed by atoms with Gasteiger partial charge in [0.05, 0.1) is 25.5 Å². The minimum absolute atomic E-state index is 0.111. The Morgan fingerprint density at radius 2 is 1.97 bits per heavy atom. The van der Waals surface area contributed by atoms with Crippen LogP contribution in [0.25, 0.3) is 0 Å². The third-order valence-corrected chi connectivity index (χ3v) is 5.57. The minimum Gasteiger partial charge on any atom is -0.466 e. The van der Waals surface area contributed by atoms with Gasteiger partial charge in [-0.25, -0.2) is 0 Å². The van der Waals surface area contributed by atoms with E-state index in [1.165, 1.54) is 4.90 Å². The molecule has 0 radical (unpaired) electrons. The minimum atomic E-state index is -0.851. The summed E-state index contributed by atoms with van der Waals surface area (Å²) >= 11 is 0. The van der Waals surface area contributed by atoms with Crippen LogP contribution in [0.15, 0.2) is 30.3 Å². The van der Waals surface area contributed by atoms with Crippen molar-refractivity contribution >= 4 is 29.4 Å². The molecule has 1 aromatic carbocycles. The van der Waals surface area contributed by atoms with E-state index < -0.39 is 6.04 Å². The van der Waals surface area contributed by atoms with Gasteiger partial charge >= 0.3 is 5.97 Å². The summed E-state index contributed by atoms with van der Waals surface area (Å²) in [5.74, 6) is -1.33. The molecule has 2 fully saturated rings. The summed E-state index contributed by atoms with van der Waals surface area (Å²) in [6.45, 7) is 4.10. The summed E-state index contributed by atoms with van der Waals surface area (Å²) in [5.41, 5.74) is 0.639. The van der Waals surface area contributed by atoms with Crippen LogP contribution >= 0.6 is 0 Å². The third kappa shape index (κ3) is 6.27. The number of carbonyl (C=O) groups excluding carboxylic acids is 4. The molecule has 9 heteroatoms. The topological polar surface area (TPSA) is 108 Å². The van der Waals surface area contributed by atoms with Crippen molar-refractivity contribution in [3.8, 4) is 0 Å². The van der Waals surface area contributed by atoms with Crippen LogP contribution in [0.1, 0.15) is 26.2 Å². The molecule has 0 aromatic heterocycles. The number of rotatable bonds is 7. The molecule has 0 bridgehead atoms. The Balaban J connectivity index is 1.59. The molecule has 2 aliphatic heterocycles. The summed E-state index contributed by atoms with van der Waals surface area (Å²) < 4.78 is 5.12. The van der Waals surface area contributed by atoms with E-state index >= 15 is 0 Å². The number of amides is 3. The van der Waals surface area contributed by atoms with Crippen molar-refractivity contribution in [3.05, 3.63) is 30.3 Å². The first-order chi connectivity index (χ1) is 15.0. The van der Waals surface area contributed by atoms with Gasteiger partial charge in [-0.05, 0) is 38.4 Å². The number of ether oxygens (including phenoxy) is 1. The van der Waals surface area contributed by atoms with Crippen LogP contribution in [0.4, 0.5) is 5.69 Å². The number of anilines is 1. The van der Waals surface area contributed by atoms with Crippen molar-refractivity contribution in [3.63, 3.8) is 0 Å². The number of piperidine rings is 1. The monoisotopic (exact) mass is 430 g/mol. The number of hydrogen-bond donors (Lipinski definition) is 2. The molecule has 2 heterocycles. The third-order valence-electron chi connectivity index (χ3n) is 5.57. The zero-order valence-corrected chi connectivity index (χ0v) is 17.8. The molecule has 2 N–H and O–H groups in total. The summed E-state index contributed by atoms with van der Waals surface area (Å²) in [6.07, 6.45) is 1.44. The van der Waals surface area contributed by atoms with Gasteiger partial charge < -0.3 is 20.3 Å². The largest absolute Gasteiger partial charge is 0.466 e. The SMILES string of the molecule is CCOC(=O)[C@H]1CCCN(CC(=O)N2CCNC(=O)[C@@H]2CC(=O)Nc2ccccc2)C1. The lowest BCUT2D eigenvalue weighted by atomic mass is 9.98. The van der Waals surface area contributed by atoms with E-state index in [0.717, 1.165) is 12.8 Å². The van der Waals surface area contributed by atoms with E-state index in [1.54, 1.807) is 31.2 Å². The molecule has 168 valence electrons. The molecule has 2 atom stereocenters. The average Bonchev–Trinajstić information content (AvgIpc) is 2.76. The van der Waals surface area contributed by atoms with Crippen LogP contribution < -0.4 is 10.6 Å². The Bertz CT molecular complexity index is 800. The van der Waals surface area contributed by atoms with Gasteiger partial charge in [-0.3, -0.25) is 24.1 Å². The normalized spacial score (nSPS) is 21.8. The molecule has 1 aromatic rings. The van der Waals surface area contributed by atoms with Crippen LogP contribution in [0.2, 0.25) is 0 Å². The standard InChI is InChI=1S/C22H30N4O5/c1-2-31-22(30)16-7-6-11-25(14-16)15-20(28)26-12-10-23-21(29)18(26)13-19(27)24-17-8-4-3-5-9-17/h3-5,8-9,16,18H,2,6-7,10-15H2,1H3,(H,23,29)(H,24,27)/t16-,18-/m0/s1. The summed E-state index contributed by atoms with van der Waals surface area (Å²) in [5, 5.41) is 5.50. The highest BCUT2D eigenvalue weighted by atomic mass is 16.5. The van der Waals surface area contributed by atoms with Crippen molar-refractivity contribution < 1.29 is 23.9 Å². The van der Waals surface area contributed by atoms with Gasteiger partial charge in [0.1, 0.15) is 6.04 Å². The fraction of sp³-hybridized carbons (Fsp3) is 0.545. The Hall–Kier alpha value is -2.94. The average molecular weight is 431 g/mol. The van der Waals surface area contributed by atoms with E-state index in [-0.39, 0.29) is 42.6 Å². The predicted octanol–water partition coefficient (Wildman–Crippen LogP) is 0.617. The molecular weight excluding hydrogens is 400 g/mol. The van der Waals surface area contributed by atoms with Crippen LogP contribution in [0.3, 0.4) is 0 Å². The Morgan fingerprint density at radius 3 is 2.71 bits per heavy atom. The lowest BCUT2D eigenvalue weighted by Gasteiger charge is -2.37. The molecule has 2 aliphatic rings. The van der Waals surface area contributed by atoms with Gasteiger partial charge in [-0.1, -0.05) is 18.2 Å². The smallest absolute Gasteiger partial charge is 0.310 e. The second kappa shape index (κ2) is 10.9. The van der Waals surface area contributed by atoms with Crippen LogP contribution in [-0.2, 0) is 23.9 Å². The molecule has 0 saturated carbocycles. The summed E-state index contributed by atoms with van der Waals surface area (Å²) in [7, 11) is 0. The molecule has 2 saturated heterocycles. The number of benzene rings is 1. The molecule has 3 rings (SSSR count). The second-order valence-corrected chi connectivity index (χ2v) is 7.84. The van der Waals surface area contributed by atoms with Gasteiger partial charge in [-0.15, -0.1) is 0 Å². The number of para-hydroxylation sites is 1. The van der Waals surface area contributed by atoms with Gasteiger partial charge in [-0.2, -0.15) is 0 Å². The molecule has 3 amide bonds. The number of hydrogen-bond acceptors (Lipinski definition) is 6. The maximum atomic E-state index is 13.0. The van der Waals surface area contributed by atoms with E-state index in [0.29, 0.717) is 38.5 Å². The number of likely N-dealkylation sites (tertiary alicyclic amines) is 1. The second-order valence-electron chi connectivity index (χ2n) is 7.84. The first-order valence-electron chi connectivity index (χ1n) is 10.8. The maximum absolute atomic E-state index is 13.0. The molecule has 31 heavy (non-hydrogen) atoms. The lowest BCUT2D eigenvalue weighted by Crippen LogP contribution is -2.60. The predicted molar refractivity (Wildman–Crippen MR) is 114 cm³/mol. The number of esters is 1. The highest BCUT2D eigenvalue weighted by Gasteiger charge is 2.36. The Labute approximate surface area is 182 Å². The summed E-state index contributed by atoms with van der Waals surface area (Å²) in [4.78, 5) is 53.4. The van der Waals surface area contributed by atoms with Gasteiger partial charge in [0, 0.05) is 25.3 Å². The Morgan fingerprint density at radius 1 is 1.19 bits per heavy atom. The first-order valence-corrected chi connectivity index (χ1v) is 10.8. The van der Waals surface area contributed by atoms with Crippen molar-refractivity contribution in [1.29, 1.82) is 0 Å². The Kier molecular flexibility index (Phi) is 8.00. The zero-order valence-electron chi connectivity index (χ0n) is 17.8. The van der Waals surface area contributed by atoms with Crippen molar-refractivity contribution in [2.45, 2.75) is 32.2 Å². The van der Waals surface area contributed by atoms with Crippen LogP contribution in [-0.4, -0.2) is 78.9 Å². The van der Waals surface area contributed by atoms with Crippen molar-refractivity contribution in [2.75, 3.05) is 44.6 Å².